The van der Waals surface area contributed by atoms with Gasteiger partial charge in [0.2, 0.25) is 0 Å². The maximum absolute atomic E-state index is 5.65. The van der Waals surface area contributed by atoms with Gasteiger partial charge in [0.05, 0.1) is 31.4 Å². The summed E-state index contributed by atoms with van der Waals surface area (Å²) in [5, 5.41) is 3.52. The summed E-state index contributed by atoms with van der Waals surface area (Å²) in [6, 6.07) is 4.11. The maximum atomic E-state index is 5.65. The summed E-state index contributed by atoms with van der Waals surface area (Å²) in [5.41, 5.74) is 2.20. The molecule has 0 saturated carbocycles. The van der Waals surface area contributed by atoms with Crippen LogP contribution in [0.2, 0.25) is 0 Å². The van der Waals surface area contributed by atoms with E-state index in [1.165, 1.54) is 0 Å². The van der Waals surface area contributed by atoms with Crippen molar-refractivity contribution in [1.29, 1.82) is 0 Å². The van der Waals surface area contributed by atoms with Crippen LogP contribution in [0.1, 0.15) is 43.9 Å². The summed E-state index contributed by atoms with van der Waals surface area (Å²) in [6.45, 7) is 5.90. The van der Waals surface area contributed by atoms with Crippen LogP contribution in [-0.2, 0) is 0 Å². The molecule has 108 valence electrons. The van der Waals surface area contributed by atoms with E-state index < -0.39 is 0 Å². The standard InChI is InChI=1S/C16H22N2O2/c1-3-6-18-16(13-5-8-19-12-13)14-9-15(11-17-10-14)20-7-4-2/h5,8-12,16,18H,3-4,6-7H2,1-2H3. The van der Waals surface area contributed by atoms with E-state index in [0.29, 0.717) is 6.61 Å². The SMILES string of the molecule is CCCNC(c1ccoc1)c1cncc(OCCC)c1. The van der Waals surface area contributed by atoms with Crippen molar-refractivity contribution in [2.45, 2.75) is 32.7 Å². The second-order valence-electron chi connectivity index (χ2n) is 4.75. The van der Waals surface area contributed by atoms with Crippen LogP contribution in [0.4, 0.5) is 0 Å². The van der Waals surface area contributed by atoms with Gasteiger partial charge in [-0.05, 0) is 37.1 Å². The Bertz CT molecular complexity index is 497. The van der Waals surface area contributed by atoms with Crippen LogP contribution in [0, 0.1) is 0 Å². The topological polar surface area (TPSA) is 47.3 Å². The van der Waals surface area contributed by atoms with Crippen molar-refractivity contribution in [3.63, 3.8) is 0 Å². The van der Waals surface area contributed by atoms with Gasteiger partial charge < -0.3 is 14.5 Å². The Kier molecular flexibility index (Phi) is 5.62. The van der Waals surface area contributed by atoms with E-state index in [-0.39, 0.29) is 6.04 Å². The summed E-state index contributed by atoms with van der Waals surface area (Å²) in [6.07, 6.45) is 9.16. The Labute approximate surface area is 120 Å². The molecule has 0 aliphatic heterocycles. The van der Waals surface area contributed by atoms with E-state index in [0.717, 1.165) is 36.3 Å². The molecule has 0 amide bonds. The molecule has 1 unspecified atom stereocenters. The fourth-order valence-electron chi connectivity index (χ4n) is 2.05. The molecule has 2 heterocycles. The minimum atomic E-state index is 0.0892. The van der Waals surface area contributed by atoms with Crippen LogP contribution in [0.15, 0.2) is 41.5 Å². The predicted octanol–water partition coefficient (Wildman–Crippen LogP) is 3.55. The summed E-state index contributed by atoms with van der Waals surface area (Å²) in [7, 11) is 0. The van der Waals surface area contributed by atoms with E-state index in [9.17, 15) is 0 Å². The van der Waals surface area contributed by atoms with Crippen LogP contribution in [-0.4, -0.2) is 18.1 Å². The van der Waals surface area contributed by atoms with E-state index in [4.69, 9.17) is 9.15 Å². The molecule has 0 saturated heterocycles. The highest BCUT2D eigenvalue weighted by Gasteiger charge is 2.15. The maximum Gasteiger partial charge on any atom is 0.137 e. The fourth-order valence-corrected chi connectivity index (χ4v) is 2.05. The Hall–Kier alpha value is -1.81. The monoisotopic (exact) mass is 274 g/mol. The molecule has 0 aliphatic carbocycles. The molecule has 2 aromatic rings. The lowest BCUT2D eigenvalue weighted by atomic mass is 10.0. The highest BCUT2D eigenvalue weighted by molar-refractivity contribution is 5.32. The van der Waals surface area contributed by atoms with Crippen molar-refractivity contribution in [3.05, 3.63) is 48.2 Å². The molecule has 1 atom stereocenters. The van der Waals surface area contributed by atoms with Gasteiger partial charge >= 0.3 is 0 Å². The molecule has 0 aromatic carbocycles. The molecule has 0 aliphatic rings. The number of hydrogen-bond donors (Lipinski definition) is 1. The number of ether oxygens (including phenoxy) is 1. The van der Waals surface area contributed by atoms with E-state index >= 15 is 0 Å². The van der Waals surface area contributed by atoms with Crippen LogP contribution in [0.25, 0.3) is 0 Å². The van der Waals surface area contributed by atoms with Crippen LogP contribution in [0.3, 0.4) is 0 Å². The zero-order chi connectivity index (χ0) is 14.2. The van der Waals surface area contributed by atoms with Gasteiger partial charge in [0.1, 0.15) is 5.75 Å². The number of rotatable bonds is 8. The van der Waals surface area contributed by atoms with Crippen molar-refractivity contribution in [3.8, 4) is 5.75 Å². The quantitative estimate of drug-likeness (QED) is 0.799. The second-order valence-corrected chi connectivity index (χ2v) is 4.75. The van der Waals surface area contributed by atoms with E-state index in [1.807, 2.05) is 18.3 Å². The highest BCUT2D eigenvalue weighted by atomic mass is 16.5. The van der Waals surface area contributed by atoms with Gasteiger partial charge in [-0.15, -0.1) is 0 Å². The molecule has 2 rings (SSSR count). The molecule has 1 N–H and O–H groups in total. The van der Waals surface area contributed by atoms with Gasteiger partial charge in [0.15, 0.2) is 0 Å². The first-order chi connectivity index (χ1) is 9.85. The van der Waals surface area contributed by atoms with E-state index in [2.05, 4.69) is 24.1 Å². The molecule has 0 radical (unpaired) electrons. The van der Waals surface area contributed by atoms with Crippen LogP contribution < -0.4 is 10.1 Å². The van der Waals surface area contributed by atoms with Gasteiger partial charge in [0.25, 0.3) is 0 Å². The first-order valence-electron chi connectivity index (χ1n) is 7.18. The smallest absolute Gasteiger partial charge is 0.137 e. The minimum absolute atomic E-state index is 0.0892. The third kappa shape index (κ3) is 3.84. The average molecular weight is 274 g/mol. The van der Waals surface area contributed by atoms with Crippen molar-refractivity contribution >= 4 is 0 Å². The van der Waals surface area contributed by atoms with Gasteiger partial charge in [-0.2, -0.15) is 0 Å². The highest BCUT2D eigenvalue weighted by Crippen LogP contribution is 2.24. The second kappa shape index (κ2) is 7.70. The molecule has 20 heavy (non-hydrogen) atoms. The predicted molar refractivity (Wildman–Crippen MR) is 78.9 cm³/mol. The van der Waals surface area contributed by atoms with Crippen LogP contribution in [0.5, 0.6) is 5.75 Å². The lowest BCUT2D eigenvalue weighted by Gasteiger charge is -2.18. The van der Waals surface area contributed by atoms with Crippen LogP contribution >= 0.6 is 0 Å². The Morgan fingerprint density at radius 2 is 2.15 bits per heavy atom. The molecular formula is C16H22N2O2. The molecule has 0 bridgehead atoms. The van der Waals surface area contributed by atoms with E-state index in [1.54, 1.807) is 18.7 Å². The molecule has 2 aromatic heterocycles. The zero-order valence-corrected chi connectivity index (χ0v) is 12.1. The Morgan fingerprint density at radius 3 is 2.85 bits per heavy atom. The Balaban J connectivity index is 2.19. The fraction of sp³-hybridized carbons (Fsp3) is 0.438. The van der Waals surface area contributed by atoms with Gasteiger partial charge in [-0.3, -0.25) is 4.98 Å². The lowest BCUT2D eigenvalue weighted by molar-refractivity contribution is 0.315. The third-order valence-electron chi connectivity index (χ3n) is 3.02. The number of hydrogen-bond acceptors (Lipinski definition) is 4. The van der Waals surface area contributed by atoms with Crippen molar-refractivity contribution in [1.82, 2.24) is 10.3 Å². The third-order valence-corrected chi connectivity index (χ3v) is 3.02. The van der Waals surface area contributed by atoms with Gasteiger partial charge in [0, 0.05) is 11.8 Å². The largest absolute Gasteiger partial charge is 0.492 e. The summed E-state index contributed by atoms with van der Waals surface area (Å²) in [4.78, 5) is 4.28. The minimum Gasteiger partial charge on any atom is -0.492 e. The molecule has 4 nitrogen and oxygen atoms in total. The summed E-state index contributed by atoms with van der Waals surface area (Å²) in [5.74, 6) is 0.816. The number of pyridine rings is 1. The summed E-state index contributed by atoms with van der Waals surface area (Å²) < 4.78 is 10.9. The Morgan fingerprint density at radius 1 is 1.25 bits per heavy atom. The zero-order valence-electron chi connectivity index (χ0n) is 12.1. The van der Waals surface area contributed by atoms with Crippen molar-refractivity contribution < 1.29 is 9.15 Å². The number of nitrogens with one attached hydrogen (secondary N) is 1. The first kappa shape index (κ1) is 14.6. The average Bonchev–Trinajstić information content (AvgIpc) is 3.00. The summed E-state index contributed by atoms with van der Waals surface area (Å²) >= 11 is 0. The number of aromatic nitrogens is 1. The van der Waals surface area contributed by atoms with Crippen molar-refractivity contribution in [2.75, 3.05) is 13.2 Å². The van der Waals surface area contributed by atoms with Gasteiger partial charge in [-0.1, -0.05) is 13.8 Å². The number of furan rings is 1. The first-order valence-corrected chi connectivity index (χ1v) is 7.18. The number of nitrogens with zero attached hydrogens (tertiary/aromatic N) is 1. The lowest BCUT2D eigenvalue weighted by Crippen LogP contribution is -2.23. The molecule has 4 heteroatoms. The molecular weight excluding hydrogens is 252 g/mol. The molecule has 0 spiro atoms. The molecule has 0 fully saturated rings. The normalized spacial score (nSPS) is 12.3. The van der Waals surface area contributed by atoms with Crippen molar-refractivity contribution in [2.24, 2.45) is 0 Å². The van der Waals surface area contributed by atoms with Gasteiger partial charge in [-0.25, -0.2) is 0 Å².